The Hall–Kier alpha value is -4.23. The van der Waals surface area contributed by atoms with Gasteiger partial charge in [0.1, 0.15) is 17.1 Å². The fourth-order valence-electron chi connectivity index (χ4n) is 4.57. The van der Waals surface area contributed by atoms with Crippen LogP contribution < -0.4 is 15.4 Å². The lowest BCUT2D eigenvalue weighted by molar-refractivity contribution is -0.114. The van der Waals surface area contributed by atoms with Crippen molar-refractivity contribution in [3.05, 3.63) is 53.9 Å². The summed E-state index contributed by atoms with van der Waals surface area (Å²) in [5, 5.41) is 5.65. The highest BCUT2D eigenvalue weighted by Gasteiger charge is 2.29. The van der Waals surface area contributed by atoms with Gasteiger partial charge >= 0.3 is 6.01 Å². The van der Waals surface area contributed by atoms with Gasteiger partial charge in [-0.05, 0) is 30.3 Å². The van der Waals surface area contributed by atoms with E-state index in [9.17, 15) is 13.6 Å². The summed E-state index contributed by atoms with van der Waals surface area (Å²) >= 11 is 0. The molecule has 210 valence electrons. The van der Waals surface area contributed by atoms with Crippen molar-refractivity contribution >= 4 is 34.5 Å². The Balaban J connectivity index is 1.31. The van der Waals surface area contributed by atoms with Gasteiger partial charge in [0.05, 0.1) is 6.20 Å². The number of carbonyl (C=O) groups excluding carboxylic acids is 1. The number of pyridine rings is 1. The molecule has 1 amide bonds. The van der Waals surface area contributed by atoms with E-state index in [1.54, 1.807) is 24.3 Å². The highest BCUT2D eigenvalue weighted by atomic mass is 19.3. The minimum atomic E-state index is -3.00. The highest BCUT2D eigenvalue weighted by molar-refractivity contribution is 5.87. The van der Waals surface area contributed by atoms with Gasteiger partial charge in [0.2, 0.25) is 11.9 Å². The van der Waals surface area contributed by atoms with E-state index in [0.717, 1.165) is 39.6 Å². The van der Waals surface area contributed by atoms with Gasteiger partial charge in [-0.3, -0.25) is 9.69 Å². The molecular formula is C27H31F2N9O2. The van der Waals surface area contributed by atoms with Gasteiger partial charge < -0.3 is 25.3 Å². The van der Waals surface area contributed by atoms with Crippen LogP contribution in [-0.2, 0) is 17.3 Å². The number of aromatic nitrogens is 5. The molecular weight excluding hydrogens is 520 g/mol. The second-order valence-corrected chi connectivity index (χ2v) is 9.73. The van der Waals surface area contributed by atoms with Crippen molar-refractivity contribution in [3.63, 3.8) is 0 Å². The molecule has 4 aromatic rings. The number of benzene rings is 1. The highest BCUT2D eigenvalue weighted by Crippen LogP contribution is 2.34. The van der Waals surface area contributed by atoms with E-state index < -0.39 is 5.92 Å². The molecule has 3 N–H and O–H groups in total. The van der Waals surface area contributed by atoms with Crippen molar-refractivity contribution < 1.29 is 18.3 Å². The van der Waals surface area contributed by atoms with Crippen LogP contribution >= 0.6 is 0 Å². The predicted molar refractivity (Wildman–Crippen MR) is 147 cm³/mol. The summed E-state index contributed by atoms with van der Waals surface area (Å²) in [6.07, 6.45) is 3.00. The molecule has 5 rings (SSSR count). The molecule has 0 bridgehead atoms. The smallest absolute Gasteiger partial charge is 0.324 e. The second kappa shape index (κ2) is 11.5. The molecule has 13 heteroatoms. The topological polar surface area (TPSA) is 124 Å². The van der Waals surface area contributed by atoms with Crippen LogP contribution in [0.1, 0.15) is 31.9 Å². The average molecular weight is 552 g/mol. The van der Waals surface area contributed by atoms with Crippen LogP contribution in [0.15, 0.2) is 42.7 Å². The van der Waals surface area contributed by atoms with E-state index in [2.05, 4.69) is 52.3 Å². The summed E-state index contributed by atoms with van der Waals surface area (Å²) in [5.74, 6) is -2.22. The van der Waals surface area contributed by atoms with Crippen molar-refractivity contribution in [1.29, 1.82) is 0 Å². The first kappa shape index (κ1) is 27.3. The molecule has 1 aliphatic rings. The zero-order valence-corrected chi connectivity index (χ0v) is 22.5. The number of nitrogens with zero attached hydrogens (tertiary/aromatic N) is 6. The van der Waals surface area contributed by atoms with Crippen molar-refractivity contribution in [2.24, 2.45) is 0 Å². The fraction of sp³-hybridized carbons (Fsp3) is 0.370. The van der Waals surface area contributed by atoms with E-state index >= 15 is 0 Å². The maximum Gasteiger partial charge on any atom is 0.324 e. The summed E-state index contributed by atoms with van der Waals surface area (Å²) in [6, 6.07) is 8.19. The number of fused-ring (bicyclic) bond motifs is 1. The number of anilines is 3. The molecule has 1 saturated heterocycles. The van der Waals surface area contributed by atoms with Gasteiger partial charge in [0.15, 0.2) is 5.65 Å². The summed E-state index contributed by atoms with van der Waals surface area (Å²) in [6.45, 7) is 9.50. The Kier molecular flexibility index (Phi) is 7.85. The molecule has 4 heterocycles. The largest absolute Gasteiger partial charge is 0.424 e. The first-order valence-electron chi connectivity index (χ1n) is 13.0. The number of rotatable bonds is 9. The Morgan fingerprint density at radius 2 is 1.88 bits per heavy atom. The van der Waals surface area contributed by atoms with Crippen LogP contribution in [0.4, 0.5) is 26.2 Å². The van der Waals surface area contributed by atoms with Crippen LogP contribution in [0.25, 0.3) is 11.2 Å². The average Bonchev–Trinajstić information content (AvgIpc) is 3.31. The van der Waals surface area contributed by atoms with E-state index in [1.807, 2.05) is 0 Å². The number of hydrogen-bond acceptors (Lipinski definition) is 9. The number of nitrogens with one attached hydrogen (secondary N) is 3. The number of alkyl halides is 2. The maximum atomic E-state index is 14.6. The SMILES string of the molecule is CCN1CCN(Cc2ccc(Nc3nc4nc(Oc5ccnc(NC(C)=O)c5)ncc4[nH]3)cc2C(C)(F)F)CC1. The monoisotopic (exact) mass is 551 g/mol. The van der Waals surface area contributed by atoms with Crippen LogP contribution in [0.5, 0.6) is 11.8 Å². The van der Waals surface area contributed by atoms with Crippen molar-refractivity contribution in [3.8, 4) is 11.8 Å². The molecule has 0 radical (unpaired) electrons. The molecule has 0 unspecified atom stereocenters. The number of halogens is 2. The van der Waals surface area contributed by atoms with Gasteiger partial charge in [-0.2, -0.15) is 9.97 Å². The lowest BCUT2D eigenvalue weighted by Gasteiger charge is -2.34. The molecule has 1 aliphatic heterocycles. The molecule has 0 saturated carbocycles. The van der Waals surface area contributed by atoms with Crippen LogP contribution in [0, 0.1) is 0 Å². The number of H-pyrrole nitrogens is 1. The van der Waals surface area contributed by atoms with Gasteiger partial charge in [0, 0.05) is 70.1 Å². The fourth-order valence-corrected chi connectivity index (χ4v) is 4.57. The molecule has 3 aromatic heterocycles. The molecule has 1 aromatic carbocycles. The number of aromatic amines is 1. The number of likely N-dealkylation sites (N-methyl/N-ethyl adjacent to an activating group) is 1. The number of ether oxygens (including phenoxy) is 1. The van der Waals surface area contributed by atoms with Crippen LogP contribution in [0.2, 0.25) is 0 Å². The van der Waals surface area contributed by atoms with Gasteiger partial charge in [-0.15, -0.1) is 0 Å². The summed E-state index contributed by atoms with van der Waals surface area (Å²) in [5.41, 5.74) is 1.93. The van der Waals surface area contributed by atoms with Crippen molar-refractivity contribution in [1.82, 2.24) is 34.7 Å². The van der Waals surface area contributed by atoms with E-state index in [0.29, 0.717) is 46.5 Å². The third kappa shape index (κ3) is 6.66. The maximum absolute atomic E-state index is 14.6. The Morgan fingerprint density at radius 3 is 2.60 bits per heavy atom. The lowest BCUT2D eigenvalue weighted by atomic mass is 10.0. The predicted octanol–water partition coefficient (Wildman–Crippen LogP) is 4.49. The van der Waals surface area contributed by atoms with Crippen LogP contribution in [0.3, 0.4) is 0 Å². The second-order valence-electron chi connectivity index (χ2n) is 9.73. The Labute approximate surface area is 230 Å². The molecule has 0 atom stereocenters. The molecule has 40 heavy (non-hydrogen) atoms. The summed E-state index contributed by atoms with van der Waals surface area (Å²) in [4.78, 5) is 35.9. The number of imidazole rings is 1. The standard InChI is InChI=1S/C27H31F2N9O2/c1-4-37-9-11-38(12-10-37)16-18-5-6-19(13-21(18)27(3,28)29)33-25-34-22-15-31-26(36-24(22)35-25)40-20-7-8-30-23(14-20)32-17(2)39/h5-8,13-15H,4,9-12,16H2,1-3H3,(H,30,32,39)(H2,31,33,34,35,36). The number of carbonyl (C=O) groups is 1. The third-order valence-electron chi connectivity index (χ3n) is 6.61. The lowest BCUT2D eigenvalue weighted by Crippen LogP contribution is -2.45. The van der Waals surface area contributed by atoms with Gasteiger partial charge in [-0.25, -0.2) is 18.7 Å². The van der Waals surface area contributed by atoms with E-state index in [4.69, 9.17) is 4.74 Å². The van der Waals surface area contributed by atoms with E-state index in [1.165, 1.54) is 25.4 Å². The quantitative estimate of drug-likeness (QED) is 0.276. The van der Waals surface area contributed by atoms with Gasteiger partial charge in [-0.1, -0.05) is 13.0 Å². The normalized spacial score (nSPS) is 14.8. The minimum Gasteiger partial charge on any atom is -0.424 e. The van der Waals surface area contributed by atoms with Crippen LogP contribution in [-0.4, -0.2) is 73.4 Å². The molecule has 0 spiro atoms. The molecule has 1 fully saturated rings. The summed E-state index contributed by atoms with van der Waals surface area (Å²) in [7, 11) is 0. The third-order valence-corrected chi connectivity index (χ3v) is 6.61. The number of piperazine rings is 1. The van der Waals surface area contributed by atoms with Gasteiger partial charge in [0.25, 0.3) is 5.92 Å². The Bertz CT molecular complexity index is 1500. The zero-order chi connectivity index (χ0) is 28.3. The first-order valence-corrected chi connectivity index (χ1v) is 13.0. The number of amides is 1. The summed E-state index contributed by atoms with van der Waals surface area (Å²) < 4.78 is 35.0. The minimum absolute atomic E-state index is 0.0157. The van der Waals surface area contributed by atoms with Crippen molar-refractivity contribution in [2.75, 3.05) is 43.4 Å². The molecule has 0 aliphatic carbocycles. The Morgan fingerprint density at radius 1 is 1.10 bits per heavy atom. The first-order chi connectivity index (χ1) is 19.2. The van der Waals surface area contributed by atoms with E-state index in [-0.39, 0.29) is 17.5 Å². The zero-order valence-electron chi connectivity index (χ0n) is 22.5. The molecule has 11 nitrogen and oxygen atoms in total. The number of hydrogen-bond donors (Lipinski definition) is 3. The van der Waals surface area contributed by atoms with Crippen molar-refractivity contribution in [2.45, 2.75) is 33.2 Å².